The Morgan fingerprint density at radius 3 is 2.90 bits per heavy atom. The van der Waals surface area contributed by atoms with Crippen molar-refractivity contribution in [1.82, 2.24) is 19.8 Å². The van der Waals surface area contributed by atoms with Crippen LogP contribution in [0.15, 0.2) is 6.33 Å². The van der Waals surface area contributed by atoms with Gasteiger partial charge < -0.3 is 25.2 Å². The van der Waals surface area contributed by atoms with E-state index in [-0.39, 0.29) is 11.7 Å². The summed E-state index contributed by atoms with van der Waals surface area (Å²) in [4.78, 5) is 29.9. The van der Waals surface area contributed by atoms with E-state index in [1.165, 1.54) is 11.2 Å². The van der Waals surface area contributed by atoms with Crippen molar-refractivity contribution in [2.24, 2.45) is 7.05 Å². The minimum Gasteiger partial charge on any atom is -0.358 e. The van der Waals surface area contributed by atoms with Gasteiger partial charge in [-0.25, -0.2) is 0 Å². The molecule has 110 valence electrons. The van der Waals surface area contributed by atoms with Gasteiger partial charge in [-0.15, -0.1) is 0 Å². The van der Waals surface area contributed by atoms with Crippen LogP contribution < -0.4 is 10.2 Å². The Morgan fingerprint density at radius 2 is 2.30 bits per heavy atom. The molecule has 20 heavy (non-hydrogen) atoms. The molecular weight excluding hydrogens is 264 g/mol. The van der Waals surface area contributed by atoms with Gasteiger partial charge in [-0.2, -0.15) is 0 Å². The van der Waals surface area contributed by atoms with Gasteiger partial charge in [0.15, 0.2) is 0 Å². The lowest BCUT2D eigenvalue weighted by molar-refractivity contribution is -0.388. The molecule has 0 bridgehead atoms. The lowest BCUT2D eigenvalue weighted by Gasteiger charge is -2.37. The third kappa shape index (κ3) is 2.44. The average Bonchev–Trinajstić information content (AvgIpc) is 2.79. The van der Waals surface area contributed by atoms with Crippen molar-refractivity contribution in [2.75, 3.05) is 38.6 Å². The van der Waals surface area contributed by atoms with E-state index in [1.807, 2.05) is 0 Å². The SMILES string of the molecule is CN(C)C(=O)C1CNCCN1c1c([N+](=O)[O-])ncn1C. The zero-order valence-corrected chi connectivity index (χ0v) is 11.7. The molecule has 1 unspecified atom stereocenters. The summed E-state index contributed by atoms with van der Waals surface area (Å²) >= 11 is 0. The van der Waals surface area contributed by atoms with Gasteiger partial charge in [0.1, 0.15) is 6.04 Å². The van der Waals surface area contributed by atoms with Gasteiger partial charge in [0.2, 0.25) is 18.1 Å². The molecule has 9 heteroatoms. The number of likely N-dealkylation sites (N-methyl/N-ethyl adjacent to an activating group) is 1. The Kier molecular flexibility index (Phi) is 3.89. The molecular formula is C11H18N6O3. The third-order valence-corrected chi connectivity index (χ3v) is 3.30. The number of nitrogens with zero attached hydrogens (tertiary/aromatic N) is 5. The summed E-state index contributed by atoms with van der Waals surface area (Å²) in [6, 6.07) is -0.465. The van der Waals surface area contributed by atoms with Crippen LogP contribution >= 0.6 is 0 Å². The monoisotopic (exact) mass is 282 g/mol. The van der Waals surface area contributed by atoms with Crippen LogP contribution in [0.2, 0.25) is 0 Å². The number of carbonyl (C=O) groups excluding carboxylic acids is 1. The van der Waals surface area contributed by atoms with E-state index in [4.69, 9.17) is 0 Å². The molecule has 2 rings (SSSR count). The number of nitrogens with one attached hydrogen (secondary N) is 1. The number of aryl methyl sites for hydroxylation is 1. The first-order chi connectivity index (χ1) is 9.43. The molecule has 2 heterocycles. The number of hydrogen-bond donors (Lipinski definition) is 1. The molecule has 0 aliphatic carbocycles. The second-order valence-electron chi connectivity index (χ2n) is 4.91. The van der Waals surface area contributed by atoms with Crippen molar-refractivity contribution in [1.29, 1.82) is 0 Å². The van der Waals surface area contributed by atoms with Crippen molar-refractivity contribution < 1.29 is 9.72 Å². The van der Waals surface area contributed by atoms with E-state index in [9.17, 15) is 14.9 Å². The van der Waals surface area contributed by atoms with Crippen LogP contribution in [0, 0.1) is 10.1 Å². The smallest absolute Gasteiger partial charge is 0.358 e. The predicted molar refractivity (Wildman–Crippen MR) is 72.6 cm³/mol. The van der Waals surface area contributed by atoms with Crippen LogP contribution in [-0.4, -0.2) is 65.1 Å². The second kappa shape index (κ2) is 5.45. The fraction of sp³-hybridized carbons (Fsp3) is 0.636. The minimum absolute atomic E-state index is 0.0901. The van der Waals surface area contributed by atoms with Gasteiger partial charge >= 0.3 is 5.82 Å². The lowest BCUT2D eigenvalue weighted by Crippen LogP contribution is -2.58. The van der Waals surface area contributed by atoms with Gasteiger partial charge in [-0.1, -0.05) is 0 Å². The number of hydrogen-bond acceptors (Lipinski definition) is 6. The summed E-state index contributed by atoms with van der Waals surface area (Å²) in [6.45, 7) is 1.64. The molecule has 1 amide bonds. The summed E-state index contributed by atoms with van der Waals surface area (Å²) in [7, 11) is 5.04. The number of anilines is 1. The molecule has 0 radical (unpaired) electrons. The van der Waals surface area contributed by atoms with Gasteiger partial charge in [-0.3, -0.25) is 9.36 Å². The van der Waals surface area contributed by atoms with E-state index in [0.717, 1.165) is 0 Å². The van der Waals surface area contributed by atoms with Crippen molar-refractivity contribution in [2.45, 2.75) is 6.04 Å². The molecule has 1 aliphatic heterocycles. The zero-order valence-electron chi connectivity index (χ0n) is 11.7. The molecule has 0 spiro atoms. The first-order valence-electron chi connectivity index (χ1n) is 6.27. The molecule has 1 aromatic heterocycles. The average molecular weight is 282 g/mol. The molecule has 9 nitrogen and oxygen atoms in total. The van der Waals surface area contributed by atoms with Crippen molar-refractivity contribution in [3.63, 3.8) is 0 Å². The lowest BCUT2D eigenvalue weighted by atomic mass is 10.1. The molecule has 1 aliphatic rings. The van der Waals surface area contributed by atoms with Crippen LogP contribution in [-0.2, 0) is 11.8 Å². The fourth-order valence-corrected chi connectivity index (χ4v) is 2.35. The first-order valence-corrected chi connectivity index (χ1v) is 6.27. The summed E-state index contributed by atoms with van der Waals surface area (Å²) < 4.78 is 1.58. The summed E-state index contributed by atoms with van der Waals surface area (Å²) in [5.74, 6) is 0.0651. The topological polar surface area (TPSA) is 96.5 Å². The molecule has 1 atom stereocenters. The maximum Gasteiger partial charge on any atom is 0.406 e. The van der Waals surface area contributed by atoms with Crippen LogP contribution in [0.4, 0.5) is 11.6 Å². The van der Waals surface area contributed by atoms with Crippen LogP contribution in [0.3, 0.4) is 0 Å². The number of amides is 1. The molecule has 0 aromatic carbocycles. The third-order valence-electron chi connectivity index (χ3n) is 3.30. The zero-order chi connectivity index (χ0) is 14.9. The Morgan fingerprint density at radius 1 is 1.60 bits per heavy atom. The highest BCUT2D eigenvalue weighted by atomic mass is 16.6. The van der Waals surface area contributed by atoms with Crippen LogP contribution in [0.1, 0.15) is 0 Å². The number of nitro groups is 1. The van der Waals surface area contributed by atoms with Gasteiger partial charge in [0.25, 0.3) is 0 Å². The molecule has 1 aromatic rings. The maximum atomic E-state index is 12.2. The van der Waals surface area contributed by atoms with Crippen LogP contribution in [0.25, 0.3) is 0 Å². The summed E-state index contributed by atoms with van der Waals surface area (Å²) in [5.41, 5.74) is 0. The Balaban J connectivity index is 2.40. The van der Waals surface area contributed by atoms with Gasteiger partial charge in [0, 0.05) is 40.8 Å². The van der Waals surface area contributed by atoms with Gasteiger partial charge in [-0.05, 0) is 9.91 Å². The minimum atomic E-state index is -0.519. The predicted octanol–water partition coefficient (Wildman–Crippen LogP) is -0.805. The highest BCUT2D eigenvalue weighted by Gasteiger charge is 2.36. The highest BCUT2D eigenvalue weighted by molar-refractivity contribution is 5.86. The Labute approximate surface area is 116 Å². The highest BCUT2D eigenvalue weighted by Crippen LogP contribution is 2.28. The largest absolute Gasteiger partial charge is 0.406 e. The molecule has 1 saturated heterocycles. The van der Waals surface area contributed by atoms with Crippen LogP contribution in [0.5, 0.6) is 0 Å². The Bertz CT molecular complexity index is 526. The van der Waals surface area contributed by atoms with Gasteiger partial charge in [0.05, 0.1) is 0 Å². The summed E-state index contributed by atoms with van der Waals surface area (Å²) in [6.07, 6.45) is 1.40. The van der Waals surface area contributed by atoms with E-state index in [0.29, 0.717) is 25.5 Å². The quantitative estimate of drug-likeness (QED) is 0.575. The van der Waals surface area contributed by atoms with E-state index in [2.05, 4.69) is 10.3 Å². The van der Waals surface area contributed by atoms with Crippen molar-refractivity contribution in [3.8, 4) is 0 Å². The van der Waals surface area contributed by atoms with E-state index in [1.54, 1.807) is 30.6 Å². The Hall–Kier alpha value is -2.16. The maximum absolute atomic E-state index is 12.2. The number of piperazine rings is 1. The number of rotatable bonds is 3. The number of imidazole rings is 1. The van der Waals surface area contributed by atoms with Crippen molar-refractivity contribution in [3.05, 3.63) is 16.4 Å². The fourth-order valence-electron chi connectivity index (χ4n) is 2.35. The van der Waals surface area contributed by atoms with E-state index < -0.39 is 11.0 Å². The molecule has 0 saturated carbocycles. The second-order valence-corrected chi connectivity index (χ2v) is 4.91. The molecule has 1 N–H and O–H groups in total. The normalized spacial score (nSPS) is 18.9. The standard InChI is InChI=1S/C11H18N6O3/c1-14(2)11(18)8-6-12-4-5-16(8)10-9(17(19)20)13-7-15(10)3/h7-8,12H,4-6H2,1-3H3. The number of carbonyl (C=O) groups is 1. The summed E-state index contributed by atoms with van der Waals surface area (Å²) in [5, 5.41) is 14.2. The van der Waals surface area contributed by atoms with E-state index >= 15 is 0 Å². The number of aromatic nitrogens is 2. The molecule has 1 fully saturated rings. The van der Waals surface area contributed by atoms with Crippen molar-refractivity contribution >= 4 is 17.5 Å². The first kappa shape index (κ1) is 14.3.